The molecule has 1 amide bonds. The molecule has 78 valence electrons. The van der Waals surface area contributed by atoms with Crippen LogP contribution in [0.1, 0.15) is 26.2 Å². The Morgan fingerprint density at radius 1 is 1.64 bits per heavy atom. The number of hydrogen-bond donors (Lipinski definition) is 2. The van der Waals surface area contributed by atoms with E-state index in [2.05, 4.69) is 10.1 Å². The Labute approximate surface area is 81.5 Å². The van der Waals surface area contributed by atoms with Crippen molar-refractivity contribution in [2.24, 2.45) is 0 Å². The van der Waals surface area contributed by atoms with Crippen molar-refractivity contribution in [1.29, 1.82) is 0 Å². The van der Waals surface area contributed by atoms with E-state index in [-0.39, 0.29) is 0 Å². The Balaban J connectivity index is 4.15. The van der Waals surface area contributed by atoms with E-state index in [0.29, 0.717) is 19.1 Å². The van der Waals surface area contributed by atoms with Gasteiger partial charge >= 0.3 is 18.1 Å². The van der Waals surface area contributed by atoms with Gasteiger partial charge in [0.2, 0.25) is 0 Å². The summed E-state index contributed by atoms with van der Waals surface area (Å²) < 4.78 is 0. The lowest BCUT2D eigenvalue weighted by Gasteiger charge is -2.10. The normalized spacial score (nSPS) is 11.2. The summed E-state index contributed by atoms with van der Waals surface area (Å²) in [6, 6.07) is -0.916. The largest absolute Gasteiger partial charge is 0.480 e. The number of nitrogens with zero attached hydrogens (tertiary/aromatic N) is 2. The van der Waals surface area contributed by atoms with Crippen LogP contribution >= 0.6 is 0 Å². The highest BCUT2D eigenvalue weighted by Crippen LogP contribution is 2.00. The molecule has 0 saturated carbocycles. The van der Waals surface area contributed by atoms with Gasteiger partial charge in [0.1, 0.15) is 6.04 Å². The molecule has 0 aromatic heterocycles. The number of unbranched alkanes of at least 4 members (excludes halogenated alkanes) is 1. The lowest BCUT2D eigenvalue weighted by molar-refractivity contribution is -0.141. The van der Waals surface area contributed by atoms with Crippen LogP contribution in [0.25, 0.3) is 5.53 Å². The van der Waals surface area contributed by atoms with Crippen molar-refractivity contribution in [3.8, 4) is 0 Å². The summed E-state index contributed by atoms with van der Waals surface area (Å²) in [4.78, 5) is 24.0. The van der Waals surface area contributed by atoms with Gasteiger partial charge in [-0.3, -0.25) is 4.79 Å². The third kappa shape index (κ3) is 5.05. The molecule has 0 aromatic carbocycles. The van der Waals surface area contributed by atoms with E-state index in [9.17, 15) is 9.59 Å². The fourth-order valence-corrected chi connectivity index (χ4v) is 0.927. The third-order valence-corrected chi connectivity index (χ3v) is 1.64. The second-order valence-corrected chi connectivity index (χ2v) is 2.79. The van der Waals surface area contributed by atoms with Crippen molar-refractivity contribution >= 4 is 18.1 Å². The summed E-state index contributed by atoms with van der Waals surface area (Å²) in [7, 11) is 0. The molecule has 0 bridgehead atoms. The first-order valence-corrected chi connectivity index (χ1v) is 4.32. The fraction of sp³-hybridized carbons (Fsp3) is 0.625. The standard InChI is InChI=1S/C8H13N3O3/c1-2-3-4-6(8(13)14)11-7(12)5-10-9/h5-6H,2-4H2,1H3,(H,11,12)(H,13,14). The van der Waals surface area contributed by atoms with Crippen molar-refractivity contribution in [3.05, 3.63) is 5.53 Å². The fourth-order valence-electron chi connectivity index (χ4n) is 0.927. The van der Waals surface area contributed by atoms with Crippen molar-refractivity contribution in [3.63, 3.8) is 0 Å². The first-order valence-electron chi connectivity index (χ1n) is 4.32. The zero-order chi connectivity index (χ0) is 11.0. The molecular formula is C8H13N3O3. The van der Waals surface area contributed by atoms with Gasteiger partial charge in [0.25, 0.3) is 0 Å². The van der Waals surface area contributed by atoms with Crippen LogP contribution in [0, 0.1) is 0 Å². The summed E-state index contributed by atoms with van der Waals surface area (Å²) in [5.41, 5.74) is 8.03. The summed E-state index contributed by atoms with van der Waals surface area (Å²) in [5.74, 6) is -1.80. The predicted octanol–water partition coefficient (Wildman–Crippen LogP) is 0.0466. The first-order chi connectivity index (χ1) is 6.61. The Bertz CT molecular complexity index is 259. The number of aliphatic carboxylic acids is 1. The summed E-state index contributed by atoms with van der Waals surface area (Å²) in [5, 5.41) is 10.9. The maximum Gasteiger partial charge on any atom is 0.344 e. The van der Waals surface area contributed by atoms with Gasteiger partial charge in [-0.15, -0.1) is 0 Å². The summed E-state index contributed by atoms with van der Waals surface area (Å²) in [6.45, 7) is 1.93. The minimum Gasteiger partial charge on any atom is -0.480 e. The molecule has 0 aliphatic carbocycles. The van der Waals surface area contributed by atoms with Gasteiger partial charge < -0.3 is 16.0 Å². The van der Waals surface area contributed by atoms with Gasteiger partial charge in [-0.1, -0.05) is 19.8 Å². The lowest BCUT2D eigenvalue weighted by Crippen LogP contribution is -2.41. The smallest absolute Gasteiger partial charge is 0.344 e. The highest BCUT2D eigenvalue weighted by Gasteiger charge is 2.19. The number of carboxylic acids is 1. The number of carbonyl (C=O) groups is 2. The van der Waals surface area contributed by atoms with Gasteiger partial charge in [0.15, 0.2) is 0 Å². The van der Waals surface area contributed by atoms with Crippen LogP contribution in [0.2, 0.25) is 0 Å². The number of nitrogens with one attached hydrogen (secondary N) is 1. The van der Waals surface area contributed by atoms with Crippen LogP contribution in [-0.4, -0.2) is 34.0 Å². The number of amides is 1. The van der Waals surface area contributed by atoms with Crippen LogP contribution in [0.5, 0.6) is 0 Å². The van der Waals surface area contributed by atoms with Crippen LogP contribution in [0.4, 0.5) is 0 Å². The molecule has 0 saturated heterocycles. The highest BCUT2D eigenvalue weighted by atomic mass is 16.4. The molecular weight excluding hydrogens is 186 g/mol. The van der Waals surface area contributed by atoms with E-state index in [0.717, 1.165) is 6.42 Å². The lowest BCUT2D eigenvalue weighted by atomic mass is 10.1. The summed E-state index contributed by atoms with van der Waals surface area (Å²) in [6.07, 6.45) is 2.57. The molecule has 0 aromatic rings. The van der Waals surface area contributed by atoms with Crippen molar-refractivity contribution in [2.75, 3.05) is 0 Å². The van der Waals surface area contributed by atoms with E-state index in [1.807, 2.05) is 6.92 Å². The molecule has 0 rings (SSSR count). The Morgan fingerprint density at radius 3 is 2.71 bits per heavy atom. The van der Waals surface area contributed by atoms with Crippen molar-refractivity contribution in [2.45, 2.75) is 32.2 Å². The highest BCUT2D eigenvalue weighted by molar-refractivity contribution is 6.24. The van der Waals surface area contributed by atoms with Gasteiger partial charge in [-0.2, -0.15) is 4.79 Å². The van der Waals surface area contributed by atoms with Crippen LogP contribution < -0.4 is 5.32 Å². The molecule has 1 atom stereocenters. The van der Waals surface area contributed by atoms with Gasteiger partial charge in [-0.25, -0.2) is 4.79 Å². The maximum atomic E-state index is 10.8. The minimum absolute atomic E-state index is 0.372. The molecule has 0 spiro atoms. The average molecular weight is 199 g/mol. The molecule has 0 radical (unpaired) electrons. The van der Waals surface area contributed by atoms with Crippen molar-refractivity contribution < 1.29 is 19.5 Å². The van der Waals surface area contributed by atoms with E-state index in [1.165, 1.54) is 0 Å². The van der Waals surface area contributed by atoms with Crippen molar-refractivity contribution in [1.82, 2.24) is 5.32 Å². The molecule has 0 aliphatic heterocycles. The second-order valence-electron chi connectivity index (χ2n) is 2.79. The topological polar surface area (TPSA) is 103 Å². The molecule has 2 N–H and O–H groups in total. The quantitative estimate of drug-likeness (QED) is 0.358. The molecule has 0 heterocycles. The van der Waals surface area contributed by atoms with Crippen LogP contribution in [0.3, 0.4) is 0 Å². The Morgan fingerprint density at radius 2 is 2.29 bits per heavy atom. The Kier molecular flexibility index (Phi) is 5.98. The summed E-state index contributed by atoms with van der Waals surface area (Å²) >= 11 is 0. The molecule has 14 heavy (non-hydrogen) atoms. The minimum atomic E-state index is -1.09. The number of rotatable bonds is 6. The SMILES string of the molecule is CCCCC(NC(=O)C=[N+]=[N-])C(=O)O. The van der Waals surface area contributed by atoms with Gasteiger partial charge in [-0.05, 0) is 6.42 Å². The average Bonchev–Trinajstić information content (AvgIpc) is 2.12. The van der Waals surface area contributed by atoms with Gasteiger partial charge in [0, 0.05) is 0 Å². The zero-order valence-corrected chi connectivity index (χ0v) is 7.93. The number of carboxylic acid groups (broad SMARTS) is 1. The van der Waals surface area contributed by atoms with Crippen LogP contribution in [-0.2, 0) is 9.59 Å². The van der Waals surface area contributed by atoms with E-state index >= 15 is 0 Å². The second kappa shape index (κ2) is 6.80. The molecule has 1 unspecified atom stereocenters. The van der Waals surface area contributed by atoms with E-state index < -0.39 is 17.9 Å². The monoisotopic (exact) mass is 199 g/mol. The van der Waals surface area contributed by atoms with Gasteiger partial charge in [0.05, 0.1) is 0 Å². The molecule has 6 heteroatoms. The zero-order valence-electron chi connectivity index (χ0n) is 7.93. The molecule has 0 fully saturated rings. The Hall–Kier alpha value is -1.68. The molecule has 0 aliphatic rings. The maximum absolute atomic E-state index is 10.8. The molecule has 6 nitrogen and oxygen atoms in total. The van der Waals surface area contributed by atoms with E-state index in [4.69, 9.17) is 10.6 Å². The first kappa shape index (κ1) is 12.3. The van der Waals surface area contributed by atoms with E-state index in [1.54, 1.807) is 0 Å². The number of carbonyl (C=O) groups excluding carboxylic acids is 1. The number of hydrogen-bond acceptors (Lipinski definition) is 2. The van der Waals surface area contributed by atoms with Crippen LogP contribution in [0.15, 0.2) is 0 Å². The predicted molar refractivity (Wildman–Crippen MR) is 48.8 cm³/mol. The third-order valence-electron chi connectivity index (χ3n) is 1.64.